The zero-order valence-corrected chi connectivity index (χ0v) is 13.3. The van der Waals surface area contributed by atoms with E-state index in [1.165, 1.54) is 12.1 Å². The van der Waals surface area contributed by atoms with Gasteiger partial charge in [0.2, 0.25) is 0 Å². The van der Waals surface area contributed by atoms with Gasteiger partial charge < -0.3 is 4.18 Å². The molecule has 0 saturated heterocycles. The van der Waals surface area contributed by atoms with Crippen LogP contribution in [0.2, 0.25) is 0 Å². The van der Waals surface area contributed by atoms with Crippen LogP contribution in [-0.4, -0.2) is 20.2 Å². The molecule has 6 heteroatoms. The molecule has 1 aromatic carbocycles. The van der Waals surface area contributed by atoms with Crippen LogP contribution in [0.1, 0.15) is 39.0 Å². The highest BCUT2D eigenvalue weighted by atomic mass is 32.2. The van der Waals surface area contributed by atoms with Crippen LogP contribution < -0.4 is 0 Å². The summed E-state index contributed by atoms with van der Waals surface area (Å²) in [6.45, 7) is 1.64. The van der Waals surface area contributed by atoms with Crippen molar-refractivity contribution in [2.75, 3.05) is 0 Å². The minimum atomic E-state index is -4.07. The van der Waals surface area contributed by atoms with Gasteiger partial charge in [0.15, 0.2) is 0 Å². The van der Waals surface area contributed by atoms with E-state index >= 15 is 0 Å². The molecule has 0 spiro atoms. The van der Waals surface area contributed by atoms with Crippen molar-refractivity contribution >= 4 is 21.9 Å². The van der Waals surface area contributed by atoms with Gasteiger partial charge in [-0.05, 0) is 37.3 Å². The number of rotatable bonds is 5. The van der Waals surface area contributed by atoms with Gasteiger partial charge in [0.05, 0.1) is 5.92 Å². The molecule has 1 fully saturated rings. The Morgan fingerprint density at radius 2 is 2.00 bits per heavy atom. The fourth-order valence-electron chi connectivity index (χ4n) is 2.74. The lowest BCUT2D eigenvalue weighted by Crippen LogP contribution is -2.24. The second kappa shape index (κ2) is 7.05. The molecule has 1 aromatic rings. The van der Waals surface area contributed by atoms with E-state index in [2.05, 4.69) is 0 Å². The van der Waals surface area contributed by atoms with Gasteiger partial charge in [-0.2, -0.15) is 8.42 Å². The van der Waals surface area contributed by atoms with Crippen LogP contribution in [0, 0.1) is 11.8 Å². The van der Waals surface area contributed by atoms with Crippen LogP contribution in [-0.2, 0) is 23.9 Å². The van der Waals surface area contributed by atoms with Crippen LogP contribution in [0.3, 0.4) is 0 Å². The van der Waals surface area contributed by atoms with E-state index in [0.29, 0.717) is 19.3 Å². The van der Waals surface area contributed by atoms with Crippen LogP contribution in [0.25, 0.3) is 0 Å². The van der Waals surface area contributed by atoms with E-state index in [4.69, 9.17) is 4.18 Å². The predicted molar refractivity (Wildman–Crippen MR) is 80.5 cm³/mol. The quantitative estimate of drug-likeness (QED) is 0.778. The normalized spacial score (nSPS) is 20.4. The number of carbonyl (C=O) groups excluding carboxylic acids is 2. The van der Waals surface area contributed by atoms with Gasteiger partial charge >= 0.3 is 16.1 Å². The molecular formula is C16H20O5S. The number of hydrogen-bond acceptors (Lipinski definition) is 5. The number of ketones is 1. The summed E-state index contributed by atoms with van der Waals surface area (Å²) in [7, 11) is -4.07. The summed E-state index contributed by atoms with van der Waals surface area (Å²) in [6.07, 6.45) is 3.30. The number of benzene rings is 1. The van der Waals surface area contributed by atoms with E-state index in [1.54, 1.807) is 25.1 Å². The first kappa shape index (κ1) is 16.7. The Morgan fingerprint density at radius 1 is 1.32 bits per heavy atom. The lowest BCUT2D eigenvalue weighted by molar-refractivity contribution is -0.139. The minimum Gasteiger partial charge on any atom is -0.342 e. The van der Waals surface area contributed by atoms with Crippen molar-refractivity contribution in [2.45, 2.75) is 43.9 Å². The Morgan fingerprint density at radius 3 is 2.64 bits per heavy atom. The summed E-state index contributed by atoms with van der Waals surface area (Å²) in [5, 5.41) is 0. The third kappa shape index (κ3) is 4.40. The third-order valence-electron chi connectivity index (χ3n) is 3.90. The molecule has 1 aliphatic carbocycles. The second-order valence-corrected chi connectivity index (χ2v) is 7.35. The zero-order valence-electron chi connectivity index (χ0n) is 12.5. The van der Waals surface area contributed by atoms with E-state index in [9.17, 15) is 18.0 Å². The maximum atomic E-state index is 12.0. The molecule has 0 aromatic heterocycles. The molecule has 1 aliphatic rings. The molecule has 2 atom stereocenters. The van der Waals surface area contributed by atoms with Crippen molar-refractivity contribution in [2.24, 2.45) is 11.8 Å². The third-order valence-corrected chi connectivity index (χ3v) is 5.13. The first-order valence-electron chi connectivity index (χ1n) is 7.43. The molecule has 5 nitrogen and oxygen atoms in total. The summed E-state index contributed by atoms with van der Waals surface area (Å²) in [5.74, 6) is -0.951. The first-order chi connectivity index (χ1) is 10.4. The number of Topliss-reactive ketones (excluding diaryl/α,β-unsaturated/α-hetero) is 1. The summed E-state index contributed by atoms with van der Waals surface area (Å²) in [4.78, 5) is 23.4. The molecule has 0 amide bonds. The second-order valence-electron chi connectivity index (χ2n) is 5.81. The SMILES string of the molecule is C[C@@H](C[C@@H]1CCCC(=O)C1)C(=O)OS(=O)(=O)c1ccccc1. The van der Waals surface area contributed by atoms with Crippen molar-refractivity contribution in [3.63, 3.8) is 0 Å². The Balaban J connectivity index is 1.95. The van der Waals surface area contributed by atoms with Crippen molar-refractivity contribution in [1.82, 2.24) is 0 Å². The van der Waals surface area contributed by atoms with E-state index < -0.39 is 22.0 Å². The molecular weight excluding hydrogens is 304 g/mol. The number of hydrogen-bond donors (Lipinski definition) is 0. The van der Waals surface area contributed by atoms with Gasteiger partial charge in [0, 0.05) is 12.8 Å². The number of carbonyl (C=O) groups is 2. The maximum absolute atomic E-state index is 12.0. The average Bonchev–Trinajstić information content (AvgIpc) is 2.47. The van der Waals surface area contributed by atoms with Crippen molar-refractivity contribution < 1.29 is 22.2 Å². The summed E-state index contributed by atoms with van der Waals surface area (Å²) < 4.78 is 28.7. The molecule has 1 saturated carbocycles. The lowest BCUT2D eigenvalue weighted by atomic mass is 9.83. The fourth-order valence-corrected chi connectivity index (χ4v) is 3.70. The standard InChI is InChI=1S/C16H20O5S/c1-12(10-13-6-5-7-14(17)11-13)16(18)21-22(19,20)15-8-3-2-4-9-15/h2-4,8-9,12-13H,5-7,10-11H2,1H3/t12-,13-/m0/s1. The van der Waals surface area contributed by atoms with Gasteiger partial charge in [-0.25, -0.2) is 0 Å². The van der Waals surface area contributed by atoms with Gasteiger partial charge in [-0.15, -0.1) is 0 Å². The van der Waals surface area contributed by atoms with Crippen molar-refractivity contribution in [3.05, 3.63) is 30.3 Å². The molecule has 0 aliphatic heterocycles. The Hall–Kier alpha value is -1.69. The topological polar surface area (TPSA) is 77.5 Å². The molecule has 22 heavy (non-hydrogen) atoms. The molecule has 120 valence electrons. The van der Waals surface area contributed by atoms with Gasteiger partial charge in [0.1, 0.15) is 10.7 Å². The monoisotopic (exact) mass is 324 g/mol. The molecule has 0 heterocycles. The predicted octanol–water partition coefficient (Wildman–Crippen LogP) is 2.70. The van der Waals surface area contributed by atoms with Crippen LogP contribution >= 0.6 is 0 Å². The fraction of sp³-hybridized carbons (Fsp3) is 0.500. The summed E-state index contributed by atoms with van der Waals surface area (Å²) in [6, 6.07) is 7.58. The summed E-state index contributed by atoms with van der Waals surface area (Å²) >= 11 is 0. The average molecular weight is 324 g/mol. The smallest absolute Gasteiger partial charge is 0.341 e. The lowest BCUT2D eigenvalue weighted by Gasteiger charge is -2.22. The first-order valence-corrected chi connectivity index (χ1v) is 8.84. The molecule has 0 radical (unpaired) electrons. The van der Waals surface area contributed by atoms with E-state index in [1.807, 2.05) is 0 Å². The highest BCUT2D eigenvalue weighted by Crippen LogP contribution is 2.28. The molecule has 0 N–H and O–H groups in total. The Labute approximate surface area is 130 Å². The molecule has 2 rings (SSSR count). The van der Waals surface area contributed by atoms with Crippen LogP contribution in [0.15, 0.2) is 35.2 Å². The maximum Gasteiger partial charge on any atom is 0.341 e. The van der Waals surface area contributed by atoms with Crippen LogP contribution in [0.4, 0.5) is 0 Å². The zero-order chi connectivity index (χ0) is 16.2. The molecule has 0 unspecified atom stereocenters. The van der Waals surface area contributed by atoms with Crippen molar-refractivity contribution in [3.8, 4) is 0 Å². The van der Waals surface area contributed by atoms with E-state index in [-0.39, 0.29) is 16.6 Å². The van der Waals surface area contributed by atoms with Crippen molar-refractivity contribution in [1.29, 1.82) is 0 Å². The largest absolute Gasteiger partial charge is 0.342 e. The highest BCUT2D eigenvalue weighted by molar-refractivity contribution is 7.87. The van der Waals surface area contributed by atoms with Gasteiger partial charge in [0.25, 0.3) is 0 Å². The van der Waals surface area contributed by atoms with Crippen LogP contribution in [0.5, 0.6) is 0 Å². The Kier molecular flexibility index (Phi) is 5.34. The summed E-state index contributed by atoms with van der Waals surface area (Å²) in [5.41, 5.74) is 0. The Bertz CT molecular complexity index is 636. The highest BCUT2D eigenvalue weighted by Gasteiger charge is 2.28. The molecule has 0 bridgehead atoms. The minimum absolute atomic E-state index is 0.0385. The van der Waals surface area contributed by atoms with Gasteiger partial charge in [-0.3, -0.25) is 9.59 Å². The van der Waals surface area contributed by atoms with E-state index in [0.717, 1.165) is 12.8 Å². The van der Waals surface area contributed by atoms with Gasteiger partial charge in [-0.1, -0.05) is 25.1 Å².